The summed E-state index contributed by atoms with van der Waals surface area (Å²) in [5.41, 5.74) is 0.536. The maximum Gasteiger partial charge on any atom is 0.164 e. The number of ketones is 1. The van der Waals surface area contributed by atoms with Crippen LogP contribution in [0.25, 0.3) is 0 Å². The molecule has 0 amide bonds. The number of hydrogen-bond acceptors (Lipinski definition) is 3. The molecule has 96 valence electrons. The SMILES string of the molecule is CC(C)n1ccc(CC(=O)COC(C)(C)C)n1. The first-order valence-corrected chi connectivity index (χ1v) is 5.97. The predicted molar refractivity (Wildman–Crippen MR) is 67.0 cm³/mol. The summed E-state index contributed by atoms with van der Waals surface area (Å²) in [5, 5.41) is 4.33. The van der Waals surface area contributed by atoms with Gasteiger partial charge in [-0.2, -0.15) is 5.10 Å². The van der Waals surface area contributed by atoms with Gasteiger partial charge in [0.2, 0.25) is 0 Å². The molecule has 0 atom stereocenters. The third-order valence-corrected chi connectivity index (χ3v) is 2.24. The Morgan fingerprint density at radius 2 is 2.12 bits per heavy atom. The van der Waals surface area contributed by atoms with Gasteiger partial charge < -0.3 is 4.74 Å². The molecule has 1 aromatic rings. The van der Waals surface area contributed by atoms with Crippen LogP contribution in [-0.4, -0.2) is 27.8 Å². The number of ether oxygens (including phenoxy) is 1. The minimum absolute atomic E-state index is 0.0638. The van der Waals surface area contributed by atoms with Crippen LogP contribution in [0.1, 0.15) is 46.4 Å². The van der Waals surface area contributed by atoms with E-state index in [9.17, 15) is 4.79 Å². The Labute approximate surface area is 103 Å². The molecule has 1 rings (SSSR count). The highest BCUT2D eigenvalue weighted by Gasteiger charge is 2.14. The third-order valence-electron chi connectivity index (χ3n) is 2.24. The Morgan fingerprint density at radius 3 is 2.59 bits per heavy atom. The maximum atomic E-state index is 11.7. The highest BCUT2D eigenvalue weighted by Crippen LogP contribution is 2.08. The molecule has 0 radical (unpaired) electrons. The van der Waals surface area contributed by atoms with Gasteiger partial charge in [-0.05, 0) is 40.7 Å². The van der Waals surface area contributed by atoms with Gasteiger partial charge in [0.25, 0.3) is 0 Å². The Kier molecular flexibility index (Phi) is 4.46. The van der Waals surface area contributed by atoms with Crippen molar-refractivity contribution in [2.24, 2.45) is 0 Å². The molecule has 1 aromatic heterocycles. The highest BCUT2D eigenvalue weighted by atomic mass is 16.5. The summed E-state index contributed by atoms with van der Waals surface area (Å²) in [5.74, 6) is 0.0638. The molecule has 1 heterocycles. The van der Waals surface area contributed by atoms with Crippen LogP contribution in [0.4, 0.5) is 0 Å². The molecular formula is C13H22N2O2. The summed E-state index contributed by atoms with van der Waals surface area (Å²) < 4.78 is 7.29. The summed E-state index contributed by atoms with van der Waals surface area (Å²) in [6, 6.07) is 2.21. The van der Waals surface area contributed by atoms with Crippen LogP contribution < -0.4 is 0 Å². The van der Waals surface area contributed by atoms with Gasteiger partial charge in [-0.15, -0.1) is 0 Å². The second kappa shape index (κ2) is 5.45. The zero-order chi connectivity index (χ0) is 13.1. The van der Waals surface area contributed by atoms with E-state index in [2.05, 4.69) is 18.9 Å². The van der Waals surface area contributed by atoms with Crippen LogP contribution in [0.5, 0.6) is 0 Å². The molecule has 0 saturated heterocycles. The first kappa shape index (κ1) is 13.9. The molecular weight excluding hydrogens is 216 g/mol. The molecule has 0 N–H and O–H groups in total. The molecule has 0 fully saturated rings. The molecule has 0 unspecified atom stereocenters. The van der Waals surface area contributed by atoms with Crippen molar-refractivity contribution in [3.8, 4) is 0 Å². The first-order chi connectivity index (χ1) is 7.78. The van der Waals surface area contributed by atoms with Crippen LogP contribution in [-0.2, 0) is 16.0 Å². The number of Topliss-reactive ketones (excluding diaryl/α,β-unsaturated/α-hetero) is 1. The van der Waals surface area contributed by atoms with Crippen LogP contribution in [0.3, 0.4) is 0 Å². The zero-order valence-electron chi connectivity index (χ0n) is 11.4. The number of rotatable bonds is 5. The number of nitrogens with zero attached hydrogens (tertiary/aromatic N) is 2. The van der Waals surface area contributed by atoms with Crippen molar-refractivity contribution in [1.82, 2.24) is 9.78 Å². The highest BCUT2D eigenvalue weighted by molar-refractivity contribution is 5.81. The second-order valence-electron chi connectivity index (χ2n) is 5.50. The quantitative estimate of drug-likeness (QED) is 0.791. The minimum atomic E-state index is -0.271. The zero-order valence-corrected chi connectivity index (χ0v) is 11.4. The molecule has 17 heavy (non-hydrogen) atoms. The molecule has 4 nitrogen and oxygen atoms in total. The predicted octanol–water partition coefficient (Wildman–Crippen LogP) is 2.39. The number of aromatic nitrogens is 2. The van der Waals surface area contributed by atoms with Gasteiger partial charge in [-0.1, -0.05) is 0 Å². The van der Waals surface area contributed by atoms with E-state index < -0.39 is 0 Å². The molecule has 0 aliphatic carbocycles. The fourth-order valence-electron chi connectivity index (χ4n) is 1.31. The fourth-order valence-corrected chi connectivity index (χ4v) is 1.31. The van der Waals surface area contributed by atoms with E-state index in [0.717, 1.165) is 5.69 Å². The van der Waals surface area contributed by atoms with Crippen molar-refractivity contribution in [3.63, 3.8) is 0 Å². The topological polar surface area (TPSA) is 44.1 Å². The lowest BCUT2D eigenvalue weighted by Gasteiger charge is -2.18. The Morgan fingerprint density at radius 1 is 1.47 bits per heavy atom. The number of hydrogen-bond donors (Lipinski definition) is 0. The molecule has 4 heteroatoms. The van der Waals surface area contributed by atoms with Crippen molar-refractivity contribution >= 4 is 5.78 Å². The van der Waals surface area contributed by atoms with Crippen LogP contribution in [0, 0.1) is 0 Å². The Hall–Kier alpha value is -1.16. The van der Waals surface area contributed by atoms with Crippen molar-refractivity contribution in [1.29, 1.82) is 0 Å². The summed E-state index contributed by atoms with van der Waals surface area (Å²) in [6.07, 6.45) is 2.24. The van der Waals surface area contributed by atoms with Crippen molar-refractivity contribution < 1.29 is 9.53 Å². The van der Waals surface area contributed by atoms with E-state index in [4.69, 9.17) is 4.74 Å². The lowest BCUT2D eigenvalue weighted by Crippen LogP contribution is -2.24. The average Bonchev–Trinajstić information content (AvgIpc) is 2.62. The standard InChI is InChI=1S/C13H22N2O2/c1-10(2)15-7-6-11(14-15)8-12(16)9-17-13(3,4)5/h6-7,10H,8-9H2,1-5H3. The van der Waals surface area contributed by atoms with Crippen LogP contribution in [0.2, 0.25) is 0 Å². The molecule has 0 aliphatic rings. The number of carbonyl (C=O) groups is 1. The van der Waals surface area contributed by atoms with Gasteiger partial charge in [0.1, 0.15) is 6.61 Å². The van der Waals surface area contributed by atoms with E-state index in [0.29, 0.717) is 12.5 Å². The maximum absolute atomic E-state index is 11.7. The van der Waals surface area contributed by atoms with Gasteiger partial charge in [0.05, 0.1) is 17.7 Å². The molecule has 0 aromatic carbocycles. The fraction of sp³-hybridized carbons (Fsp3) is 0.692. The number of carbonyl (C=O) groups excluding carboxylic acids is 1. The Balaban J connectivity index is 2.45. The van der Waals surface area contributed by atoms with Gasteiger partial charge in [0, 0.05) is 12.2 Å². The van der Waals surface area contributed by atoms with Crippen molar-refractivity contribution in [2.45, 2.75) is 52.7 Å². The summed E-state index contributed by atoms with van der Waals surface area (Å²) in [4.78, 5) is 11.7. The Bertz CT molecular complexity index is 375. The minimum Gasteiger partial charge on any atom is -0.368 e. The van der Waals surface area contributed by atoms with E-state index in [-0.39, 0.29) is 18.0 Å². The molecule has 0 spiro atoms. The first-order valence-electron chi connectivity index (χ1n) is 5.97. The van der Waals surface area contributed by atoms with E-state index in [1.807, 2.05) is 37.7 Å². The van der Waals surface area contributed by atoms with Crippen LogP contribution >= 0.6 is 0 Å². The lowest BCUT2D eigenvalue weighted by molar-refractivity contribution is -0.127. The molecule has 0 bridgehead atoms. The lowest BCUT2D eigenvalue weighted by atomic mass is 10.2. The van der Waals surface area contributed by atoms with Gasteiger partial charge in [-0.25, -0.2) is 0 Å². The summed E-state index contributed by atoms with van der Waals surface area (Å²) in [6.45, 7) is 10.1. The largest absolute Gasteiger partial charge is 0.368 e. The third kappa shape index (κ3) is 5.13. The normalized spacial score (nSPS) is 12.1. The molecule has 0 aliphatic heterocycles. The average molecular weight is 238 g/mol. The van der Waals surface area contributed by atoms with Gasteiger partial charge >= 0.3 is 0 Å². The van der Waals surface area contributed by atoms with Crippen molar-refractivity contribution in [2.75, 3.05) is 6.61 Å². The second-order valence-corrected chi connectivity index (χ2v) is 5.50. The van der Waals surface area contributed by atoms with Gasteiger partial charge in [0.15, 0.2) is 5.78 Å². The monoisotopic (exact) mass is 238 g/mol. The van der Waals surface area contributed by atoms with E-state index >= 15 is 0 Å². The van der Waals surface area contributed by atoms with Gasteiger partial charge in [-0.3, -0.25) is 9.48 Å². The van der Waals surface area contributed by atoms with Crippen LogP contribution in [0.15, 0.2) is 12.3 Å². The molecule has 0 saturated carbocycles. The smallest absolute Gasteiger partial charge is 0.164 e. The van der Waals surface area contributed by atoms with E-state index in [1.54, 1.807) is 0 Å². The van der Waals surface area contributed by atoms with E-state index in [1.165, 1.54) is 0 Å². The summed E-state index contributed by atoms with van der Waals surface area (Å²) in [7, 11) is 0. The van der Waals surface area contributed by atoms with Crippen molar-refractivity contribution in [3.05, 3.63) is 18.0 Å². The summed E-state index contributed by atoms with van der Waals surface area (Å²) >= 11 is 0.